The molecule has 1 aromatic carbocycles. The van der Waals surface area contributed by atoms with Gasteiger partial charge in [0.25, 0.3) is 0 Å². The molecule has 0 radical (unpaired) electrons. The normalized spacial score (nSPS) is 19.2. The van der Waals surface area contributed by atoms with Crippen molar-refractivity contribution in [3.05, 3.63) is 34.6 Å². The number of rotatable bonds is 5. The van der Waals surface area contributed by atoms with Gasteiger partial charge in [-0.05, 0) is 31.7 Å². The predicted molar refractivity (Wildman–Crippen MR) is 81.8 cm³/mol. The fourth-order valence-electron chi connectivity index (χ4n) is 2.47. The summed E-state index contributed by atoms with van der Waals surface area (Å²) in [5.74, 6) is -0.289. The molecule has 0 bridgehead atoms. The third-order valence-corrected chi connectivity index (χ3v) is 4.23. The Bertz CT molecular complexity index is 433. The topological polar surface area (TPSA) is 18.5 Å². The zero-order chi connectivity index (χ0) is 14.5. The van der Waals surface area contributed by atoms with Crippen molar-refractivity contribution in [3.63, 3.8) is 0 Å². The highest BCUT2D eigenvalue weighted by molar-refractivity contribution is 6.31. The first-order valence-electron chi connectivity index (χ1n) is 7.15. The number of piperazine rings is 1. The highest BCUT2D eigenvalue weighted by atomic mass is 35.5. The minimum absolute atomic E-state index is 0.135. The lowest BCUT2D eigenvalue weighted by Gasteiger charge is -2.32. The van der Waals surface area contributed by atoms with Crippen molar-refractivity contribution in [2.24, 2.45) is 0 Å². The Morgan fingerprint density at radius 1 is 1.30 bits per heavy atom. The van der Waals surface area contributed by atoms with Crippen LogP contribution in [-0.4, -0.2) is 56.1 Å². The summed E-state index contributed by atoms with van der Waals surface area (Å²) in [6.45, 7) is 8.55. The molecule has 2 rings (SSSR count). The summed E-state index contributed by atoms with van der Waals surface area (Å²) in [7, 11) is 2.16. The van der Waals surface area contributed by atoms with Crippen LogP contribution in [0.2, 0.25) is 5.02 Å². The largest absolute Gasteiger partial charge is 0.309 e. The second-order valence-corrected chi connectivity index (χ2v) is 5.89. The Hall–Kier alpha value is -0.680. The minimum Gasteiger partial charge on any atom is -0.309 e. The molecule has 3 nitrogen and oxygen atoms in total. The van der Waals surface area contributed by atoms with E-state index in [1.54, 1.807) is 6.07 Å². The number of halogens is 2. The van der Waals surface area contributed by atoms with Crippen LogP contribution in [0.25, 0.3) is 0 Å². The Morgan fingerprint density at radius 2 is 2.00 bits per heavy atom. The number of nitrogens with one attached hydrogen (secondary N) is 1. The summed E-state index contributed by atoms with van der Waals surface area (Å²) in [5.41, 5.74) is 0.950. The molecule has 20 heavy (non-hydrogen) atoms. The Kier molecular flexibility index (Phi) is 5.78. The number of nitrogens with zero attached hydrogens (tertiary/aromatic N) is 2. The molecule has 1 saturated heterocycles. The molecule has 1 N–H and O–H groups in total. The Balaban J connectivity index is 1.76. The molecule has 5 heteroatoms. The average molecular weight is 300 g/mol. The first kappa shape index (κ1) is 15.7. The van der Waals surface area contributed by atoms with Crippen LogP contribution in [0.1, 0.15) is 18.5 Å². The van der Waals surface area contributed by atoms with Crippen molar-refractivity contribution in [1.29, 1.82) is 0 Å². The summed E-state index contributed by atoms with van der Waals surface area (Å²) in [6, 6.07) is 4.72. The van der Waals surface area contributed by atoms with Gasteiger partial charge in [-0.25, -0.2) is 4.39 Å². The van der Waals surface area contributed by atoms with Crippen LogP contribution < -0.4 is 5.32 Å². The average Bonchev–Trinajstić information content (AvgIpc) is 2.41. The summed E-state index contributed by atoms with van der Waals surface area (Å²) in [6.07, 6.45) is 0. The predicted octanol–water partition coefficient (Wildman–Crippen LogP) is 2.38. The molecule has 1 aliphatic heterocycles. The van der Waals surface area contributed by atoms with Crippen LogP contribution >= 0.6 is 11.6 Å². The molecule has 0 aromatic heterocycles. The van der Waals surface area contributed by atoms with Crippen molar-refractivity contribution >= 4 is 11.6 Å². The molecule has 1 atom stereocenters. The van der Waals surface area contributed by atoms with Gasteiger partial charge in [-0.2, -0.15) is 0 Å². The van der Waals surface area contributed by atoms with E-state index < -0.39 is 0 Å². The first-order valence-corrected chi connectivity index (χ1v) is 7.53. The van der Waals surface area contributed by atoms with E-state index in [0.717, 1.165) is 44.8 Å². The summed E-state index contributed by atoms with van der Waals surface area (Å²) in [5, 5.41) is 3.95. The second kappa shape index (κ2) is 7.36. The number of hydrogen-bond acceptors (Lipinski definition) is 3. The van der Waals surface area contributed by atoms with E-state index in [0.29, 0.717) is 5.02 Å². The molecule has 112 valence electrons. The van der Waals surface area contributed by atoms with Gasteiger partial charge in [0.2, 0.25) is 0 Å². The van der Waals surface area contributed by atoms with Crippen LogP contribution in [0.4, 0.5) is 4.39 Å². The lowest BCUT2D eigenvalue weighted by molar-refractivity contribution is 0.154. The van der Waals surface area contributed by atoms with Gasteiger partial charge in [-0.15, -0.1) is 0 Å². The van der Waals surface area contributed by atoms with E-state index in [1.165, 1.54) is 12.1 Å². The van der Waals surface area contributed by atoms with Crippen LogP contribution in [0.5, 0.6) is 0 Å². The molecule has 1 unspecified atom stereocenters. The van der Waals surface area contributed by atoms with E-state index in [1.807, 2.05) is 0 Å². The molecule has 0 amide bonds. The fourth-order valence-corrected chi connectivity index (χ4v) is 2.80. The van der Waals surface area contributed by atoms with Gasteiger partial charge < -0.3 is 10.2 Å². The van der Waals surface area contributed by atoms with E-state index in [9.17, 15) is 4.39 Å². The maximum atomic E-state index is 13.0. The first-order chi connectivity index (χ1) is 9.56. The minimum atomic E-state index is -0.289. The molecule has 0 aliphatic carbocycles. The monoisotopic (exact) mass is 299 g/mol. The van der Waals surface area contributed by atoms with Crippen LogP contribution in [0, 0.1) is 5.82 Å². The highest BCUT2D eigenvalue weighted by Crippen LogP contribution is 2.23. The molecule has 1 aliphatic rings. The number of benzene rings is 1. The summed E-state index contributed by atoms with van der Waals surface area (Å²) >= 11 is 6.07. The molecule has 0 spiro atoms. The van der Waals surface area contributed by atoms with Crippen molar-refractivity contribution in [2.45, 2.75) is 13.0 Å². The maximum Gasteiger partial charge on any atom is 0.124 e. The van der Waals surface area contributed by atoms with Gasteiger partial charge in [0.05, 0.1) is 0 Å². The van der Waals surface area contributed by atoms with Crippen molar-refractivity contribution in [3.8, 4) is 0 Å². The third kappa shape index (κ3) is 4.42. The van der Waals surface area contributed by atoms with Crippen LogP contribution in [0.15, 0.2) is 18.2 Å². The van der Waals surface area contributed by atoms with E-state index in [2.05, 4.69) is 29.1 Å². The van der Waals surface area contributed by atoms with Crippen LogP contribution in [0.3, 0.4) is 0 Å². The maximum absolute atomic E-state index is 13.0. The van der Waals surface area contributed by atoms with Crippen molar-refractivity contribution < 1.29 is 4.39 Å². The molecule has 1 aromatic rings. The molecule has 1 fully saturated rings. The zero-order valence-electron chi connectivity index (χ0n) is 12.2. The van der Waals surface area contributed by atoms with Gasteiger partial charge >= 0.3 is 0 Å². The molecular formula is C15H23ClFN3. The molecule has 1 heterocycles. The Labute approximate surface area is 125 Å². The smallest absolute Gasteiger partial charge is 0.124 e. The van der Waals surface area contributed by atoms with Gasteiger partial charge in [0.15, 0.2) is 0 Å². The second-order valence-electron chi connectivity index (χ2n) is 5.49. The molecular weight excluding hydrogens is 277 g/mol. The summed E-state index contributed by atoms with van der Waals surface area (Å²) in [4.78, 5) is 4.82. The van der Waals surface area contributed by atoms with Gasteiger partial charge in [-0.3, -0.25) is 4.90 Å². The van der Waals surface area contributed by atoms with E-state index in [4.69, 9.17) is 11.6 Å². The lowest BCUT2D eigenvalue weighted by atomic mass is 10.1. The third-order valence-electron chi connectivity index (χ3n) is 3.90. The quantitative estimate of drug-likeness (QED) is 0.900. The van der Waals surface area contributed by atoms with Gasteiger partial charge in [0, 0.05) is 50.3 Å². The summed E-state index contributed by atoms with van der Waals surface area (Å²) < 4.78 is 13.0. The Morgan fingerprint density at radius 3 is 2.65 bits per heavy atom. The van der Waals surface area contributed by atoms with E-state index >= 15 is 0 Å². The fraction of sp³-hybridized carbons (Fsp3) is 0.600. The number of likely N-dealkylation sites (N-methyl/N-ethyl adjacent to an activating group) is 1. The van der Waals surface area contributed by atoms with Gasteiger partial charge in [0.1, 0.15) is 5.82 Å². The lowest BCUT2D eigenvalue weighted by Crippen LogP contribution is -2.46. The standard InChI is InChI=1S/C15H23ClFN3/c1-12(14-4-3-13(17)11-15(14)16)18-5-6-20-9-7-19(2)8-10-20/h3-4,11-12,18H,5-10H2,1-2H3. The highest BCUT2D eigenvalue weighted by Gasteiger charge is 2.14. The molecule has 0 saturated carbocycles. The van der Waals surface area contributed by atoms with Crippen molar-refractivity contribution in [1.82, 2.24) is 15.1 Å². The zero-order valence-corrected chi connectivity index (χ0v) is 13.0. The van der Waals surface area contributed by atoms with Crippen molar-refractivity contribution in [2.75, 3.05) is 46.3 Å². The van der Waals surface area contributed by atoms with E-state index in [-0.39, 0.29) is 11.9 Å². The van der Waals surface area contributed by atoms with Gasteiger partial charge in [-0.1, -0.05) is 17.7 Å². The number of hydrogen-bond donors (Lipinski definition) is 1. The van der Waals surface area contributed by atoms with Crippen LogP contribution in [-0.2, 0) is 0 Å². The SMILES string of the molecule is CC(NCCN1CCN(C)CC1)c1ccc(F)cc1Cl.